The summed E-state index contributed by atoms with van der Waals surface area (Å²) in [7, 11) is 0. The van der Waals surface area contributed by atoms with E-state index in [9.17, 15) is 9.59 Å². The Labute approximate surface area is 144 Å². The third-order valence-corrected chi connectivity index (χ3v) is 3.42. The minimum absolute atomic E-state index is 0.0636. The van der Waals surface area contributed by atoms with Gasteiger partial charge in [0.2, 0.25) is 0 Å². The molecule has 0 aliphatic rings. The van der Waals surface area contributed by atoms with Crippen LogP contribution in [0.5, 0.6) is 5.75 Å². The zero-order chi connectivity index (χ0) is 17.6. The number of ketones is 1. The number of hydrogen-bond donors (Lipinski definition) is 1. The van der Waals surface area contributed by atoms with Crippen LogP contribution in [0.3, 0.4) is 0 Å². The first kappa shape index (κ1) is 16.4. The van der Waals surface area contributed by atoms with E-state index in [4.69, 9.17) is 9.26 Å². The molecule has 25 heavy (non-hydrogen) atoms. The number of carbonyl (C=O) groups excluding carboxylic acids is 2. The Morgan fingerprint density at radius 3 is 2.36 bits per heavy atom. The summed E-state index contributed by atoms with van der Waals surface area (Å²) < 4.78 is 10.3. The number of hydrogen-bond acceptors (Lipinski definition) is 5. The van der Waals surface area contributed by atoms with Crippen molar-refractivity contribution in [3.05, 3.63) is 77.6 Å². The van der Waals surface area contributed by atoms with E-state index in [2.05, 4.69) is 10.5 Å². The molecule has 6 nitrogen and oxygen atoms in total. The van der Waals surface area contributed by atoms with Gasteiger partial charge in [-0.25, -0.2) is 0 Å². The molecule has 0 aliphatic carbocycles. The molecule has 0 spiro atoms. The predicted octanol–water partition coefficient (Wildman–Crippen LogP) is 3.23. The summed E-state index contributed by atoms with van der Waals surface area (Å²) >= 11 is 0. The number of nitrogens with one attached hydrogen (secondary N) is 1. The maximum Gasteiger partial charge on any atom is 0.263 e. The van der Waals surface area contributed by atoms with E-state index >= 15 is 0 Å². The highest BCUT2D eigenvalue weighted by Gasteiger charge is 2.10. The average molecular weight is 336 g/mol. The van der Waals surface area contributed by atoms with Gasteiger partial charge in [0.05, 0.1) is 0 Å². The van der Waals surface area contributed by atoms with Gasteiger partial charge in [0, 0.05) is 17.2 Å². The monoisotopic (exact) mass is 336 g/mol. The minimum Gasteiger partial charge on any atom is -0.484 e. The van der Waals surface area contributed by atoms with Crippen LogP contribution >= 0.6 is 0 Å². The summed E-state index contributed by atoms with van der Waals surface area (Å²) in [6, 6.07) is 17.3. The second kappa shape index (κ2) is 7.44. The summed E-state index contributed by atoms with van der Waals surface area (Å²) in [5, 5.41) is 6.23. The Morgan fingerprint density at radius 1 is 1.04 bits per heavy atom. The van der Waals surface area contributed by atoms with Crippen molar-refractivity contribution in [2.75, 3.05) is 11.9 Å². The molecule has 1 heterocycles. The minimum atomic E-state index is -0.349. The van der Waals surface area contributed by atoms with Crippen LogP contribution < -0.4 is 10.1 Å². The Bertz CT molecular complexity index is 870. The fraction of sp³-hybridized carbons (Fsp3) is 0.105. The van der Waals surface area contributed by atoms with Gasteiger partial charge < -0.3 is 14.6 Å². The van der Waals surface area contributed by atoms with Gasteiger partial charge in [-0.05, 0) is 31.2 Å². The molecule has 0 unspecified atom stereocenters. The lowest BCUT2D eigenvalue weighted by molar-refractivity contribution is -0.118. The Balaban J connectivity index is 1.55. The van der Waals surface area contributed by atoms with Crippen molar-refractivity contribution in [2.45, 2.75) is 6.92 Å². The third kappa shape index (κ3) is 4.32. The number of rotatable bonds is 6. The summed E-state index contributed by atoms with van der Waals surface area (Å²) in [6.45, 7) is 1.56. The SMILES string of the molecule is Cc1cc(NC(=O)COc2ccc(C(=O)c3ccccc3)cc2)no1. The van der Waals surface area contributed by atoms with Crippen LogP contribution in [0.15, 0.2) is 65.2 Å². The zero-order valence-corrected chi connectivity index (χ0v) is 13.6. The zero-order valence-electron chi connectivity index (χ0n) is 13.6. The second-order valence-corrected chi connectivity index (χ2v) is 5.38. The standard InChI is InChI=1S/C19H16N2O4/c1-13-11-17(21-25-13)20-18(22)12-24-16-9-7-15(8-10-16)19(23)14-5-3-2-4-6-14/h2-11H,12H2,1H3,(H,20,21,22). The van der Waals surface area contributed by atoms with Crippen molar-refractivity contribution in [3.8, 4) is 5.75 Å². The first-order chi connectivity index (χ1) is 12.1. The lowest BCUT2D eigenvalue weighted by Gasteiger charge is -2.07. The number of aryl methyl sites for hydroxylation is 1. The normalized spacial score (nSPS) is 10.3. The molecule has 0 bridgehead atoms. The smallest absolute Gasteiger partial charge is 0.263 e. The molecule has 1 aromatic heterocycles. The van der Waals surface area contributed by atoms with Gasteiger partial charge in [-0.3, -0.25) is 9.59 Å². The van der Waals surface area contributed by atoms with Crippen LogP contribution in [0, 0.1) is 6.92 Å². The average Bonchev–Trinajstić information content (AvgIpc) is 3.05. The lowest BCUT2D eigenvalue weighted by atomic mass is 10.0. The van der Waals surface area contributed by atoms with E-state index in [1.165, 1.54) is 0 Å². The summed E-state index contributed by atoms with van der Waals surface area (Å²) in [5.74, 6) is 1.03. The quantitative estimate of drug-likeness (QED) is 0.699. The molecule has 0 atom stereocenters. The number of nitrogens with zero attached hydrogens (tertiary/aromatic N) is 1. The highest BCUT2D eigenvalue weighted by Crippen LogP contribution is 2.15. The van der Waals surface area contributed by atoms with Crippen LogP contribution in [-0.4, -0.2) is 23.5 Å². The topological polar surface area (TPSA) is 81.4 Å². The van der Waals surface area contributed by atoms with Gasteiger partial charge in [-0.15, -0.1) is 0 Å². The fourth-order valence-corrected chi connectivity index (χ4v) is 2.21. The largest absolute Gasteiger partial charge is 0.484 e. The number of ether oxygens (including phenoxy) is 1. The molecular weight excluding hydrogens is 320 g/mol. The van der Waals surface area contributed by atoms with Gasteiger partial charge in [-0.2, -0.15) is 0 Å². The second-order valence-electron chi connectivity index (χ2n) is 5.38. The molecule has 0 saturated carbocycles. The van der Waals surface area contributed by atoms with Crippen LogP contribution in [0.4, 0.5) is 5.82 Å². The highest BCUT2D eigenvalue weighted by atomic mass is 16.5. The Morgan fingerprint density at radius 2 is 1.72 bits per heavy atom. The van der Waals surface area contributed by atoms with Crippen LogP contribution in [0.1, 0.15) is 21.7 Å². The van der Waals surface area contributed by atoms with Crippen LogP contribution in [0.25, 0.3) is 0 Å². The Kier molecular flexibility index (Phi) is 4.89. The fourth-order valence-electron chi connectivity index (χ4n) is 2.21. The molecule has 0 saturated heterocycles. The van der Waals surface area contributed by atoms with Gasteiger partial charge in [0.1, 0.15) is 11.5 Å². The summed E-state index contributed by atoms with van der Waals surface area (Å²) in [5.41, 5.74) is 1.18. The van der Waals surface area contributed by atoms with Crippen molar-refractivity contribution in [1.82, 2.24) is 5.16 Å². The van der Waals surface area contributed by atoms with Crippen molar-refractivity contribution >= 4 is 17.5 Å². The van der Waals surface area contributed by atoms with E-state index in [0.717, 1.165) is 0 Å². The molecule has 0 aliphatic heterocycles. The molecule has 3 rings (SSSR count). The van der Waals surface area contributed by atoms with E-state index in [1.807, 2.05) is 18.2 Å². The molecule has 2 aromatic carbocycles. The molecular formula is C19H16N2O4. The van der Waals surface area contributed by atoms with E-state index in [1.54, 1.807) is 49.4 Å². The van der Waals surface area contributed by atoms with E-state index in [-0.39, 0.29) is 18.3 Å². The molecule has 0 fully saturated rings. The number of benzene rings is 2. The van der Waals surface area contributed by atoms with Gasteiger partial charge in [-0.1, -0.05) is 35.5 Å². The Hall–Kier alpha value is -3.41. The highest BCUT2D eigenvalue weighted by molar-refractivity contribution is 6.09. The lowest BCUT2D eigenvalue weighted by Crippen LogP contribution is -2.20. The molecule has 1 N–H and O–H groups in total. The number of amides is 1. The third-order valence-electron chi connectivity index (χ3n) is 3.42. The van der Waals surface area contributed by atoms with Gasteiger partial charge in [0.25, 0.3) is 5.91 Å². The van der Waals surface area contributed by atoms with Crippen LogP contribution in [-0.2, 0) is 4.79 Å². The first-order valence-corrected chi connectivity index (χ1v) is 7.67. The van der Waals surface area contributed by atoms with Crippen molar-refractivity contribution in [3.63, 3.8) is 0 Å². The first-order valence-electron chi connectivity index (χ1n) is 7.67. The van der Waals surface area contributed by atoms with Gasteiger partial charge >= 0.3 is 0 Å². The van der Waals surface area contributed by atoms with Crippen molar-refractivity contribution < 1.29 is 18.8 Å². The number of carbonyl (C=O) groups is 2. The molecule has 1 amide bonds. The van der Waals surface area contributed by atoms with Crippen LogP contribution in [0.2, 0.25) is 0 Å². The summed E-state index contributed by atoms with van der Waals surface area (Å²) in [4.78, 5) is 24.1. The summed E-state index contributed by atoms with van der Waals surface area (Å²) in [6.07, 6.45) is 0. The van der Waals surface area contributed by atoms with E-state index in [0.29, 0.717) is 28.5 Å². The van der Waals surface area contributed by atoms with Crippen molar-refractivity contribution in [2.24, 2.45) is 0 Å². The maximum absolute atomic E-state index is 12.3. The molecule has 0 radical (unpaired) electrons. The number of anilines is 1. The molecule has 126 valence electrons. The molecule has 3 aromatic rings. The predicted molar refractivity (Wildman–Crippen MR) is 91.7 cm³/mol. The van der Waals surface area contributed by atoms with Crippen molar-refractivity contribution in [1.29, 1.82) is 0 Å². The van der Waals surface area contributed by atoms with E-state index < -0.39 is 0 Å². The maximum atomic E-state index is 12.3. The van der Waals surface area contributed by atoms with Gasteiger partial charge in [0.15, 0.2) is 18.2 Å². The number of aromatic nitrogens is 1. The molecule has 6 heteroatoms.